The number of nitrogens with two attached hydrogens (primary N) is 2. The van der Waals surface area contributed by atoms with Gasteiger partial charge < -0.3 is 11.6 Å². The molecule has 6 nitrogen and oxygen atoms in total. The molecule has 1 heterocycles. The van der Waals surface area contributed by atoms with Crippen LogP contribution in [0.4, 0.5) is 0 Å². The van der Waals surface area contributed by atoms with E-state index in [1.54, 1.807) is 12.3 Å². The van der Waals surface area contributed by atoms with E-state index in [2.05, 4.69) is 16.2 Å². The first-order chi connectivity index (χ1) is 16.0. The summed E-state index contributed by atoms with van der Waals surface area (Å²) < 4.78 is 0. The van der Waals surface area contributed by atoms with E-state index in [0.717, 1.165) is 38.9 Å². The minimum Gasteiger partial charge on any atom is -0.366 e. The van der Waals surface area contributed by atoms with Crippen LogP contribution < -0.4 is 11.6 Å². The molecule has 0 radical (unpaired) electrons. The zero-order valence-electron chi connectivity index (χ0n) is 18.0. The lowest BCUT2D eigenvalue weighted by Crippen LogP contribution is -2.16. The lowest BCUT2D eigenvalue weighted by atomic mass is 9.92. The number of carbonyl (C=O) groups is 1. The van der Waals surface area contributed by atoms with Crippen LogP contribution in [0.15, 0.2) is 84.1 Å². The van der Waals surface area contributed by atoms with E-state index < -0.39 is 5.91 Å². The maximum atomic E-state index is 12.4. The molecule has 1 aromatic heterocycles. The van der Waals surface area contributed by atoms with E-state index in [0.29, 0.717) is 16.8 Å². The molecule has 160 valence electrons. The molecule has 0 atom stereocenters. The molecule has 0 spiro atoms. The second-order valence-electron chi connectivity index (χ2n) is 7.52. The monoisotopic (exact) mass is 431 g/mol. The van der Waals surface area contributed by atoms with Gasteiger partial charge in [-0.2, -0.15) is 10.4 Å². The van der Waals surface area contributed by atoms with Crippen LogP contribution in [0.5, 0.6) is 0 Å². The normalized spacial score (nSPS) is 10.8. The van der Waals surface area contributed by atoms with Gasteiger partial charge in [0.15, 0.2) is 0 Å². The van der Waals surface area contributed by atoms with Crippen LogP contribution in [0, 0.1) is 18.3 Å². The van der Waals surface area contributed by atoms with Gasteiger partial charge in [-0.3, -0.25) is 9.78 Å². The first-order valence-electron chi connectivity index (χ1n) is 10.3. The Morgan fingerprint density at radius 1 is 0.970 bits per heavy atom. The van der Waals surface area contributed by atoms with Crippen molar-refractivity contribution in [1.82, 2.24) is 4.98 Å². The summed E-state index contributed by atoms with van der Waals surface area (Å²) in [6.07, 6.45) is 3.28. The van der Waals surface area contributed by atoms with E-state index in [4.69, 9.17) is 11.6 Å². The van der Waals surface area contributed by atoms with Crippen molar-refractivity contribution in [2.24, 2.45) is 16.7 Å². The fraction of sp³-hybridized carbons (Fsp3) is 0.0370. The molecular weight excluding hydrogens is 410 g/mol. The molecule has 4 rings (SSSR count). The van der Waals surface area contributed by atoms with Gasteiger partial charge in [0.2, 0.25) is 0 Å². The van der Waals surface area contributed by atoms with Gasteiger partial charge in [0, 0.05) is 17.3 Å². The number of benzene rings is 3. The van der Waals surface area contributed by atoms with E-state index in [1.165, 1.54) is 6.21 Å². The summed E-state index contributed by atoms with van der Waals surface area (Å²) in [5.41, 5.74) is 13.1. The Kier molecular flexibility index (Phi) is 5.96. The van der Waals surface area contributed by atoms with Crippen molar-refractivity contribution in [3.05, 3.63) is 101 Å². The molecule has 0 bridgehead atoms. The van der Waals surface area contributed by atoms with Crippen molar-refractivity contribution < 1.29 is 4.79 Å². The highest BCUT2D eigenvalue weighted by atomic mass is 16.1. The van der Waals surface area contributed by atoms with Crippen molar-refractivity contribution in [2.75, 3.05) is 0 Å². The topological polar surface area (TPSA) is 118 Å². The lowest BCUT2D eigenvalue weighted by Gasteiger charge is -2.14. The molecule has 0 aliphatic heterocycles. The second-order valence-corrected chi connectivity index (χ2v) is 7.52. The average molecular weight is 431 g/mol. The van der Waals surface area contributed by atoms with Gasteiger partial charge in [-0.15, -0.1) is 0 Å². The Morgan fingerprint density at radius 2 is 1.67 bits per heavy atom. The molecule has 0 aliphatic rings. The number of primary amides is 1. The zero-order valence-corrected chi connectivity index (χ0v) is 18.0. The molecule has 33 heavy (non-hydrogen) atoms. The number of nitrogens with zero attached hydrogens (tertiary/aromatic N) is 3. The standard InChI is InChI=1S/C27H21N5O/c1-17-24(20-11-9-19(10-12-20)23-8-3-2-6-22(23)14-28)16-31-26(25(17)27(29)33)21-7-4-5-18(13-21)15-32-30/h2-13,15-16H,30H2,1H3,(H2,29,33). The lowest BCUT2D eigenvalue weighted by molar-refractivity contribution is 0.1000. The third-order valence-corrected chi connectivity index (χ3v) is 5.52. The highest BCUT2D eigenvalue weighted by molar-refractivity contribution is 6.02. The molecule has 0 saturated heterocycles. The van der Waals surface area contributed by atoms with Crippen molar-refractivity contribution in [3.63, 3.8) is 0 Å². The van der Waals surface area contributed by atoms with Gasteiger partial charge in [-0.25, -0.2) is 0 Å². The Hall–Kier alpha value is -4.76. The fourth-order valence-corrected chi connectivity index (χ4v) is 3.93. The number of hydrazone groups is 1. The van der Waals surface area contributed by atoms with Crippen LogP contribution in [0.25, 0.3) is 33.5 Å². The van der Waals surface area contributed by atoms with E-state index >= 15 is 0 Å². The zero-order chi connectivity index (χ0) is 23.4. The summed E-state index contributed by atoms with van der Waals surface area (Å²) in [5, 5.41) is 12.9. The summed E-state index contributed by atoms with van der Waals surface area (Å²) in [4.78, 5) is 17.0. The van der Waals surface area contributed by atoms with Gasteiger partial charge in [-0.1, -0.05) is 60.7 Å². The highest BCUT2D eigenvalue weighted by Crippen LogP contribution is 2.33. The number of nitriles is 1. The molecule has 0 saturated carbocycles. The molecule has 3 aromatic carbocycles. The molecule has 0 unspecified atom stereocenters. The minimum atomic E-state index is -0.547. The number of hydrogen-bond acceptors (Lipinski definition) is 5. The van der Waals surface area contributed by atoms with E-state index in [9.17, 15) is 10.1 Å². The summed E-state index contributed by atoms with van der Waals surface area (Å²) in [6.45, 7) is 1.87. The number of rotatable bonds is 5. The van der Waals surface area contributed by atoms with Crippen LogP contribution in [0.2, 0.25) is 0 Å². The Labute approximate surface area is 191 Å². The number of aromatic nitrogens is 1. The summed E-state index contributed by atoms with van der Waals surface area (Å²) in [5.74, 6) is 4.72. The third-order valence-electron chi connectivity index (χ3n) is 5.52. The SMILES string of the molecule is Cc1c(-c2ccc(-c3ccccc3C#N)cc2)cnc(-c2cccc(C=NN)c2)c1C(N)=O. The molecular formula is C27H21N5O. The largest absolute Gasteiger partial charge is 0.366 e. The minimum absolute atomic E-state index is 0.369. The quantitative estimate of drug-likeness (QED) is 0.271. The van der Waals surface area contributed by atoms with Crippen molar-refractivity contribution >= 4 is 12.1 Å². The molecule has 4 N–H and O–H groups in total. The summed E-state index contributed by atoms with van der Waals surface area (Å²) in [7, 11) is 0. The Balaban J connectivity index is 1.79. The van der Waals surface area contributed by atoms with Gasteiger partial charge >= 0.3 is 0 Å². The van der Waals surface area contributed by atoms with E-state index in [-0.39, 0.29) is 0 Å². The molecule has 6 heteroatoms. The predicted octanol–water partition coefficient (Wildman–Crippen LogP) is 4.65. The van der Waals surface area contributed by atoms with Crippen molar-refractivity contribution in [1.29, 1.82) is 5.26 Å². The molecule has 1 amide bonds. The van der Waals surface area contributed by atoms with Crippen LogP contribution in [-0.2, 0) is 0 Å². The van der Waals surface area contributed by atoms with Crippen LogP contribution in [0.3, 0.4) is 0 Å². The maximum Gasteiger partial charge on any atom is 0.251 e. The predicted molar refractivity (Wildman–Crippen MR) is 130 cm³/mol. The van der Waals surface area contributed by atoms with Gasteiger partial charge in [0.25, 0.3) is 5.91 Å². The number of carbonyl (C=O) groups excluding carboxylic acids is 1. The summed E-state index contributed by atoms with van der Waals surface area (Å²) >= 11 is 0. The first kappa shape index (κ1) is 21.5. The average Bonchev–Trinajstić information content (AvgIpc) is 2.84. The fourth-order valence-electron chi connectivity index (χ4n) is 3.93. The molecule has 0 fully saturated rings. The maximum absolute atomic E-state index is 12.4. The smallest absolute Gasteiger partial charge is 0.251 e. The van der Waals surface area contributed by atoms with Crippen LogP contribution in [0.1, 0.15) is 27.0 Å². The summed E-state index contributed by atoms with van der Waals surface area (Å²) in [6, 6.07) is 24.9. The second kappa shape index (κ2) is 9.16. The molecule has 0 aliphatic carbocycles. The van der Waals surface area contributed by atoms with Crippen LogP contribution in [-0.4, -0.2) is 17.1 Å². The van der Waals surface area contributed by atoms with Gasteiger partial charge in [-0.05, 0) is 46.9 Å². The number of amides is 1. The first-order valence-corrected chi connectivity index (χ1v) is 10.3. The van der Waals surface area contributed by atoms with Crippen LogP contribution >= 0.6 is 0 Å². The Bertz CT molecular complexity index is 1420. The Morgan fingerprint density at radius 3 is 2.33 bits per heavy atom. The van der Waals surface area contributed by atoms with E-state index in [1.807, 2.05) is 73.7 Å². The highest BCUT2D eigenvalue weighted by Gasteiger charge is 2.19. The van der Waals surface area contributed by atoms with Crippen molar-refractivity contribution in [3.8, 4) is 39.6 Å². The van der Waals surface area contributed by atoms with Gasteiger partial charge in [0.1, 0.15) is 0 Å². The van der Waals surface area contributed by atoms with Crippen molar-refractivity contribution in [2.45, 2.75) is 6.92 Å². The molecule has 4 aromatic rings. The third kappa shape index (κ3) is 4.21. The number of pyridine rings is 1. The number of hydrogen-bond donors (Lipinski definition) is 2. The van der Waals surface area contributed by atoms with Gasteiger partial charge in [0.05, 0.1) is 29.1 Å².